The molecule has 3 heterocycles. The molecule has 0 unspecified atom stereocenters. The Bertz CT molecular complexity index is 1040. The maximum atomic E-state index is 10.5. The molecular weight excluding hydrogens is 597 g/mol. The van der Waals surface area contributed by atoms with Crippen LogP contribution in [0.25, 0.3) is 11.2 Å². The molecule has 1 fully saturated rings. The van der Waals surface area contributed by atoms with Crippen LogP contribution in [-0.4, -0.2) is 150 Å². The summed E-state index contributed by atoms with van der Waals surface area (Å²) in [4.78, 5) is 32.2. The Balaban J connectivity index is 1.17. The first-order valence-corrected chi connectivity index (χ1v) is 15.7. The quantitative estimate of drug-likeness (QED) is 0.0653. The van der Waals surface area contributed by atoms with Gasteiger partial charge in [-0.2, -0.15) is 0 Å². The molecule has 0 spiro atoms. The van der Waals surface area contributed by atoms with Gasteiger partial charge in [0.15, 0.2) is 0 Å². The summed E-state index contributed by atoms with van der Waals surface area (Å²) in [5.41, 5.74) is 6.40. The Labute approximate surface area is 249 Å². The van der Waals surface area contributed by atoms with Gasteiger partial charge in [0, 0.05) is 6.61 Å². The van der Waals surface area contributed by atoms with Gasteiger partial charge in [0.25, 0.3) is 0 Å². The number of nitrogens with two attached hydrogens (primary N) is 1. The molecule has 1 aliphatic heterocycles. The number of hydrogen-bond donors (Lipinski definition) is 5. The zero-order valence-corrected chi connectivity index (χ0v) is 25.2. The molecule has 43 heavy (non-hydrogen) atoms. The predicted molar refractivity (Wildman–Crippen MR) is 151 cm³/mol. The van der Waals surface area contributed by atoms with Crippen LogP contribution in [0.3, 0.4) is 0 Å². The fraction of sp³-hybridized carbons (Fsp3) is 0.792. The fourth-order valence-corrected chi connectivity index (χ4v) is 4.68. The number of anilines is 1. The third-order valence-electron chi connectivity index (χ3n) is 6.02. The minimum absolute atomic E-state index is 0.0633. The van der Waals surface area contributed by atoms with Gasteiger partial charge in [-0.05, 0) is 6.92 Å². The zero-order valence-electron chi connectivity index (χ0n) is 24.2. The van der Waals surface area contributed by atoms with Gasteiger partial charge in [-0.25, -0.2) is 0 Å². The molecule has 0 aliphatic carbocycles. The number of hydrogen-bond acceptors (Lipinski definition) is 17. The summed E-state index contributed by atoms with van der Waals surface area (Å²) >= 11 is 0. The number of ether oxygens (including phenoxy) is 7. The fourth-order valence-electron chi connectivity index (χ4n) is 3.86. The van der Waals surface area contributed by atoms with Crippen molar-refractivity contribution in [2.24, 2.45) is 0 Å². The van der Waals surface area contributed by atoms with Crippen LogP contribution in [-0.2, 0) is 42.2 Å². The maximum absolute atomic E-state index is 10.5. The van der Waals surface area contributed by atoms with E-state index in [4.69, 9.17) is 47.9 Å². The number of rotatable bonds is 24. The summed E-state index contributed by atoms with van der Waals surface area (Å²) in [5.74, 6) is 0.149. The Kier molecular flexibility index (Phi) is 16.3. The number of imidazole rings is 1. The van der Waals surface area contributed by atoms with E-state index in [1.807, 2.05) is 6.92 Å². The Hall–Kier alpha value is -1.74. The molecule has 0 amide bonds. The second kappa shape index (κ2) is 19.6. The van der Waals surface area contributed by atoms with E-state index in [1.165, 1.54) is 17.2 Å². The van der Waals surface area contributed by atoms with Crippen molar-refractivity contribution >= 4 is 25.2 Å². The molecule has 248 valence electrons. The summed E-state index contributed by atoms with van der Waals surface area (Å²) in [5, 5.41) is 20.9. The monoisotopic (exact) mass is 641 g/mol. The van der Waals surface area contributed by atoms with Crippen molar-refractivity contribution in [3.05, 3.63) is 12.7 Å². The van der Waals surface area contributed by atoms with Crippen LogP contribution in [0, 0.1) is 0 Å². The summed E-state index contributed by atoms with van der Waals surface area (Å²) < 4.78 is 49.2. The molecule has 0 saturated carbocycles. The van der Waals surface area contributed by atoms with Crippen molar-refractivity contribution in [2.45, 2.75) is 31.5 Å². The number of aliphatic hydroxyl groups is 2. The number of nitrogens with zero attached hydrogens (tertiary/aromatic N) is 4. The molecule has 4 atom stereocenters. The van der Waals surface area contributed by atoms with Crippen LogP contribution in [0.15, 0.2) is 12.7 Å². The molecule has 1 saturated heterocycles. The minimum atomic E-state index is -4.55. The van der Waals surface area contributed by atoms with E-state index >= 15 is 0 Å². The molecule has 18 nitrogen and oxygen atoms in total. The molecule has 0 bridgehead atoms. The van der Waals surface area contributed by atoms with Gasteiger partial charge in [0.2, 0.25) is 0 Å². The van der Waals surface area contributed by atoms with Crippen LogP contribution >= 0.6 is 8.17 Å². The first-order valence-electron chi connectivity index (χ1n) is 14.0. The van der Waals surface area contributed by atoms with E-state index in [2.05, 4.69) is 15.0 Å². The third-order valence-corrected chi connectivity index (χ3v) is 7.14. The van der Waals surface area contributed by atoms with Crippen LogP contribution in [0.4, 0.5) is 5.82 Å². The number of aliphatic hydroxyl groups excluding tert-OH is 2. The van der Waals surface area contributed by atoms with Gasteiger partial charge in [-0.15, -0.1) is 0 Å². The number of fused-ring (bicyclic) bond motifs is 1. The van der Waals surface area contributed by atoms with Crippen molar-refractivity contribution in [3.63, 3.8) is 0 Å². The van der Waals surface area contributed by atoms with E-state index in [0.29, 0.717) is 77.2 Å². The first kappa shape index (κ1) is 35.7. The molecule has 19 heteroatoms. The Morgan fingerprint density at radius 3 is 1.86 bits per heavy atom. The van der Waals surface area contributed by atoms with Crippen molar-refractivity contribution in [3.8, 4) is 0 Å². The van der Waals surface area contributed by atoms with Crippen LogP contribution < -0.4 is 5.73 Å². The Morgan fingerprint density at radius 1 is 0.767 bits per heavy atom. The van der Waals surface area contributed by atoms with E-state index in [0.717, 1.165) is 0 Å². The second-order valence-electron chi connectivity index (χ2n) is 9.10. The van der Waals surface area contributed by atoms with Crippen molar-refractivity contribution in [2.75, 3.05) is 98.2 Å². The molecule has 2 aromatic rings. The average Bonchev–Trinajstić information content (AvgIpc) is 3.54. The normalized spacial score (nSPS) is 21.2. The zero-order chi connectivity index (χ0) is 30.9. The number of nitrogen functional groups attached to an aromatic ring is 1. The standard InChI is InChI=1S/C24H44N5O13P/c1-2-34-3-4-35-5-6-36-7-8-37-9-10-38-11-12-39-13-14-40-43(32,33)41-15-18-20(30)21(31)24(42-18)29-17-28-19-22(25)26-16-27-23(19)29/h16-18,20-21,24,30-33,43H,2-15H2,1H3,(H2,25,26,27)/t18-,20-,21-,24-/m1/s1. The van der Waals surface area contributed by atoms with E-state index in [1.54, 1.807) is 0 Å². The molecule has 1 aliphatic rings. The summed E-state index contributed by atoms with van der Waals surface area (Å²) in [6.45, 7) is 6.52. The van der Waals surface area contributed by atoms with Gasteiger partial charge >= 0.3 is 195 Å². The summed E-state index contributed by atoms with van der Waals surface area (Å²) in [7, 11) is -4.55. The van der Waals surface area contributed by atoms with Crippen molar-refractivity contribution in [1.29, 1.82) is 0 Å². The first-order chi connectivity index (χ1) is 20.8. The average molecular weight is 642 g/mol. The van der Waals surface area contributed by atoms with Gasteiger partial charge in [-0.1, -0.05) is 0 Å². The molecule has 0 aromatic carbocycles. The van der Waals surface area contributed by atoms with Crippen molar-refractivity contribution < 1.29 is 62.2 Å². The van der Waals surface area contributed by atoms with Crippen LogP contribution in [0.1, 0.15) is 13.2 Å². The van der Waals surface area contributed by atoms with E-state index in [9.17, 15) is 20.0 Å². The van der Waals surface area contributed by atoms with E-state index < -0.39 is 39.3 Å². The van der Waals surface area contributed by atoms with Crippen LogP contribution in [0.2, 0.25) is 0 Å². The number of aromatic nitrogens is 4. The Morgan fingerprint density at radius 2 is 1.30 bits per heavy atom. The third kappa shape index (κ3) is 12.3. The van der Waals surface area contributed by atoms with Gasteiger partial charge in [0.1, 0.15) is 0 Å². The van der Waals surface area contributed by atoms with Gasteiger partial charge in [-0.3, -0.25) is 0 Å². The van der Waals surface area contributed by atoms with Crippen molar-refractivity contribution in [1.82, 2.24) is 19.5 Å². The van der Waals surface area contributed by atoms with Crippen LogP contribution in [0.5, 0.6) is 0 Å². The summed E-state index contributed by atoms with van der Waals surface area (Å²) in [6.07, 6.45) is -2.34. The molecule has 3 rings (SSSR count). The molecule has 6 N–H and O–H groups in total. The molecule has 0 radical (unpaired) electrons. The molecular formula is C24H44N5O13P. The SMILES string of the molecule is CCOCCOCCOCCOCCOCCOCCO[PH](O)(O)OC[C@H]1O[C@@H](n2cnc3c(N)ncnc32)[C@H](O)[C@@H]1O. The topological polar surface area (TPSA) is 234 Å². The molecule has 2 aromatic heterocycles. The van der Waals surface area contributed by atoms with E-state index in [-0.39, 0.29) is 25.6 Å². The van der Waals surface area contributed by atoms with Gasteiger partial charge < -0.3 is 14.2 Å². The predicted octanol–water partition coefficient (Wildman–Crippen LogP) is -1.43. The second-order valence-corrected chi connectivity index (χ2v) is 10.8. The summed E-state index contributed by atoms with van der Waals surface area (Å²) in [6, 6.07) is 0. The van der Waals surface area contributed by atoms with Gasteiger partial charge in [0.05, 0.1) is 26.4 Å².